The van der Waals surface area contributed by atoms with Crippen LogP contribution < -0.4 is 5.73 Å². The van der Waals surface area contributed by atoms with Crippen molar-refractivity contribution in [3.05, 3.63) is 40.4 Å². The average molecular weight is 301 g/mol. The van der Waals surface area contributed by atoms with Gasteiger partial charge in [0.05, 0.1) is 0 Å². The highest BCUT2D eigenvalue weighted by Crippen LogP contribution is 2.26. The van der Waals surface area contributed by atoms with E-state index in [2.05, 4.69) is 10.2 Å². The van der Waals surface area contributed by atoms with Crippen LogP contribution in [0, 0.1) is 12.7 Å². The number of rotatable bonds is 5. The van der Waals surface area contributed by atoms with Gasteiger partial charge in [0.2, 0.25) is 0 Å². The lowest BCUT2D eigenvalue weighted by Gasteiger charge is -2.07. The number of aromatic nitrogens is 3. The number of hydrogen-bond donors (Lipinski definition) is 1. The molecule has 2 N–H and O–H groups in total. The maximum Gasteiger partial charge on any atom is 0.191 e. The fraction of sp³-hybridized carbons (Fsp3) is 0.333. The summed E-state index contributed by atoms with van der Waals surface area (Å²) < 4.78 is 14.9. The van der Waals surface area contributed by atoms with Crippen molar-refractivity contribution >= 4 is 23.4 Å². The molecule has 0 saturated carbocycles. The van der Waals surface area contributed by atoms with Crippen molar-refractivity contribution in [1.82, 2.24) is 14.8 Å². The fourth-order valence-electron chi connectivity index (χ4n) is 1.64. The number of hydrogen-bond acceptors (Lipinski definition) is 4. The van der Waals surface area contributed by atoms with Crippen LogP contribution in [0.3, 0.4) is 0 Å². The Bertz CT molecular complexity index is 573. The van der Waals surface area contributed by atoms with Crippen LogP contribution in [0.4, 0.5) is 4.39 Å². The van der Waals surface area contributed by atoms with Gasteiger partial charge in [0.1, 0.15) is 11.6 Å². The second kappa shape index (κ2) is 6.36. The van der Waals surface area contributed by atoms with Crippen LogP contribution in [0.15, 0.2) is 23.4 Å². The van der Waals surface area contributed by atoms with Gasteiger partial charge in [-0.15, -0.1) is 10.2 Å². The van der Waals surface area contributed by atoms with Gasteiger partial charge in [-0.3, -0.25) is 0 Å². The smallest absolute Gasteiger partial charge is 0.191 e. The minimum atomic E-state index is -0.333. The monoisotopic (exact) mass is 300 g/mol. The summed E-state index contributed by atoms with van der Waals surface area (Å²) in [5.74, 6) is 1.11. The van der Waals surface area contributed by atoms with E-state index < -0.39 is 0 Å². The number of benzene rings is 1. The van der Waals surface area contributed by atoms with Gasteiger partial charge in [0.15, 0.2) is 5.16 Å². The summed E-state index contributed by atoms with van der Waals surface area (Å²) in [6, 6.07) is 4.39. The Morgan fingerprint density at radius 3 is 2.89 bits per heavy atom. The first-order chi connectivity index (χ1) is 9.11. The Kier molecular flexibility index (Phi) is 4.79. The molecule has 0 aliphatic heterocycles. The number of thioether (sulfide) groups is 1. The summed E-state index contributed by atoms with van der Waals surface area (Å²) in [5, 5.41) is 9.35. The predicted octanol–water partition coefficient (Wildman–Crippen LogP) is 2.63. The van der Waals surface area contributed by atoms with Crippen molar-refractivity contribution in [2.45, 2.75) is 24.4 Å². The lowest BCUT2D eigenvalue weighted by molar-refractivity contribution is 0.626. The second-order valence-corrected chi connectivity index (χ2v) is 5.34. The van der Waals surface area contributed by atoms with E-state index in [0.29, 0.717) is 23.9 Å². The molecule has 0 aliphatic rings. The van der Waals surface area contributed by atoms with Crippen molar-refractivity contribution in [2.24, 2.45) is 5.73 Å². The third-order valence-corrected chi connectivity index (χ3v) is 3.99. The molecular formula is C12H14ClFN4S. The average Bonchev–Trinajstić information content (AvgIpc) is 2.71. The molecule has 0 aliphatic carbocycles. The molecule has 0 radical (unpaired) electrons. The third kappa shape index (κ3) is 3.46. The highest BCUT2D eigenvalue weighted by atomic mass is 35.5. The second-order valence-electron chi connectivity index (χ2n) is 3.99. The SMILES string of the molecule is Cc1nnc(SCc2ccc(F)cc2Cl)n1CCN. The zero-order valence-electron chi connectivity index (χ0n) is 10.4. The van der Waals surface area contributed by atoms with Gasteiger partial charge in [0, 0.05) is 23.9 Å². The Morgan fingerprint density at radius 2 is 2.21 bits per heavy atom. The summed E-state index contributed by atoms with van der Waals surface area (Å²) in [6.45, 7) is 3.10. The zero-order valence-corrected chi connectivity index (χ0v) is 12.0. The molecule has 102 valence electrons. The molecule has 0 fully saturated rings. The molecule has 1 aromatic heterocycles. The van der Waals surface area contributed by atoms with Crippen LogP contribution in [-0.4, -0.2) is 21.3 Å². The van der Waals surface area contributed by atoms with E-state index in [1.807, 2.05) is 11.5 Å². The molecule has 19 heavy (non-hydrogen) atoms. The molecule has 0 saturated heterocycles. The van der Waals surface area contributed by atoms with Crippen LogP contribution in [-0.2, 0) is 12.3 Å². The number of halogens is 2. The van der Waals surface area contributed by atoms with Crippen LogP contribution in [0.25, 0.3) is 0 Å². The van der Waals surface area contributed by atoms with Gasteiger partial charge in [0.25, 0.3) is 0 Å². The van der Waals surface area contributed by atoms with Gasteiger partial charge in [-0.25, -0.2) is 4.39 Å². The molecular weight excluding hydrogens is 287 g/mol. The van der Waals surface area contributed by atoms with Crippen LogP contribution >= 0.6 is 23.4 Å². The molecule has 0 amide bonds. The summed E-state index contributed by atoms with van der Waals surface area (Å²) in [7, 11) is 0. The Hall–Kier alpha value is -1.11. The molecule has 0 bridgehead atoms. The van der Waals surface area contributed by atoms with Gasteiger partial charge in [-0.1, -0.05) is 29.4 Å². The molecule has 2 aromatic rings. The number of aryl methyl sites for hydroxylation is 1. The minimum absolute atomic E-state index is 0.333. The van der Waals surface area contributed by atoms with Crippen molar-refractivity contribution in [2.75, 3.05) is 6.54 Å². The highest BCUT2D eigenvalue weighted by Gasteiger charge is 2.10. The summed E-state index contributed by atoms with van der Waals surface area (Å²) >= 11 is 7.49. The van der Waals surface area contributed by atoms with E-state index in [1.54, 1.807) is 6.07 Å². The van der Waals surface area contributed by atoms with Crippen molar-refractivity contribution in [3.8, 4) is 0 Å². The minimum Gasteiger partial charge on any atom is -0.329 e. The largest absolute Gasteiger partial charge is 0.329 e. The number of nitrogens with two attached hydrogens (primary N) is 1. The van der Waals surface area contributed by atoms with Crippen LogP contribution in [0.5, 0.6) is 0 Å². The normalized spacial score (nSPS) is 10.9. The van der Waals surface area contributed by atoms with E-state index in [0.717, 1.165) is 16.5 Å². The number of nitrogens with zero attached hydrogens (tertiary/aromatic N) is 3. The van der Waals surface area contributed by atoms with Gasteiger partial charge < -0.3 is 10.3 Å². The third-order valence-electron chi connectivity index (χ3n) is 2.63. The van der Waals surface area contributed by atoms with E-state index in [-0.39, 0.29) is 5.82 Å². The van der Waals surface area contributed by atoms with Crippen molar-refractivity contribution < 1.29 is 4.39 Å². The lowest BCUT2D eigenvalue weighted by Crippen LogP contribution is -2.12. The first-order valence-corrected chi connectivity index (χ1v) is 7.14. The van der Waals surface area contributed by atoms with Crippen LogP contribution in [0.2, 0.25) is 5.02 Å². The molecule has 2 rings (SSSR count). The van der Waals surface area contributed by atoms with Crippen LogP contribution in [0.1, 0.15) is 11.4 Å². The predicted molar refractivity (Wildman–Crippen MR) is 74.8 cm³/mol. The molecule has 4 nitrogen and oxygen atoms in total. The van der Waals surface area contributed by atoms with E-state index in [1.165, 1.54) is 23.9 Å². The standard InChI is InChI=1S/C12H14ClFN4S/c1-8-16-17-12(18(8)5-4-15)19-7-9-2-3-10(14)6-11(9)13/h2-3,6H,4-5,7,15H2,1H3. The summed E-state index contributed by atoms with van der Waals surface area (Å²) in [5.41, 5.74) is 6.43. The lowest BCUT2D eigenvalue weighted by atomic mass is 10.2. The molecule has 0 unspecified atom stereocenters. The van der Waals surface area contributed by atoms with Gasteiger partial charge in [-0.05, 0) is 24.6 Å². The van der Waals surface area contributed by atoms with Gasteiger partial charge >= 0.3 is 0 Å². The van der Waals surface area contributed by atoms with E-state index in [9.17, 15) is 4.39 Å². The zero-order chi connectivity index (χ0) is 13.8. The van der Waals surface area contributed by atoms with Crippen molar-refractivity contribution in [1.29, 1.82) is 0 Å². The Balaban J connectivity index is 2.10. The summed E-state index contributed by atoms with van der Waals surface area (Å²) in [4.78, 5) is 0. The Morgan fingerprint density at radius 1 is 1.42 bits per heavy atom. The van der Waals surface area contributed by atoms with Gasteiger partial charge in [-0.2, -0.15) is 0 Å². The first-order valence-electron chi connectivity index (χ1n) is 5.78. The topological polar surface area (TPSA) is 56.7 Å². The molecule has 1 heterocycles. The fourth-order valence-corrected chi connectivity index (χ4v) is 2.96. The molecule has 0 atom stereocenters. The summed E-state index contributed by atoms with van der Waals surface area (Å²) in [6.07, 6.45) is 0. The quantitative estimate of drug-likeness (QED) is 0.863. The molecule has 1 aromatic carbocycles. The Labute approximate surface area is 120 Å². The molecule has 7 heteroatoms. The molecule has 0 spiro atoms. The highest BCUT2D eigenvalue weighted by molar-refractivity contribution is 7.98. The maximum atomic E-state index is 12.9. The first kappa shape index (κ1) is 14.3. The van der Waals surface area contributed by atoms with E-state index >= 15 is 0 Å². The maximum absolute atomic E-state index is 12.9. The van der Waals surface area contributed by atoms with Crippen molar-refractivity contribution in [3.63, 3.8) is 0 Å². The van der Waals surface area contributed by atoms with E-state index in [4.69, 9.17) is 17.3 Å².